The van der Waals surface area contributed by atoms with Crippen molar-refractivity contribution in [2.75, 3.05) is 18.2 Å². The maximum Gasteiger partial charge on any atom is 0.234 e. The van der Waals surface area contributed by atoms with Crippen molar-refractivity contribution in [3.63, 3.8) is 0 Å². The fraction of sp³-hybridized carbons (Fsp3) is 0.375. The van der Waals surface area contributed by atoms with Gasteiger partial charge in [0.05, 0.1) is 24.2 Å². The molecule has 6 heteroatoms. The Morgan fingerprint density at radius 3 is 2.77 bits per heavy atom. The van der Waals surface area contributed by atoms with Crippen molar-refractivity contribution in [1.29, 1.82) is 0 Å². The molecule has 0 fully saturated rings. The van der Waals surface area contributed by atoms with E-state index in [1.54, 1.807) is 7.11 Å². The Labute approximate surface area is 134 Å². The van der Waals surface area contributed by atoms with Gasteiger partial charge in [-0.3, -0.25) is 4.79 Å². The molecule has 0 aliphatic rings. The Bertz CT molecular complexity index is 648. The first kappa shape index (κ1) is 16.4. The topological polar surface area (TPSA) is 64.4 Å². The van der Waals surface area contributed by atoms with E-state index in [0.29, 0.717) is 22.9 Å². The van der Waals surface area contributed by atoms with E-state index < -0.39 is 0 Å². The molecule has 118 valence electrons. The van der Waals surface area contributed by atoms with E-state index in [4.69, 9.17) is 9.26 Å². The number of rotatable bonds is 6. The van der Waals surface area contributed by atoms with Gasteiger partial charge in [-0.15, -0.1) is 11.8 Å². The summed E-state index contributed by atoms with van der Waals surface area (Å²) in [5, 5.41) is 6.80. The number of hydrogen-bond acceptors (Lipinski definition) is 5. The molecule has 0 spiro atoms. The number of carbonyl (C=O) groups is 1. The summed E-state index contributed by atoms with van der Waals surface area (Å²) >= 11 is 1.53. The Morgan fingerprint density at radius 1 is 1.36 bits per heavy atom. The molecule has 0 saturated heterocycles. The number of anilines is 1. The summed E-state index contributed by atoms with van der Waals surface area (Å²) in [6, 6.07) is 5.69. The van der Waals surface area contributed by atoms with Crippen LogP contribution in [0.5, 0.6) is 5.75 Å². The van der Waals surface area contributed by atoms with Crippen molar-refractivity contribution >= 4 is 23.4 Å². The van der Waals surface area contributed by atoms with Crippen LogP contribution in [0.1, 0.15) is 22.6 Å². The van der Waals surface area contributed by atoms with E-state index >= 15 is 0 Å². The second-order valence-corrected chi connectivity index (χ2v) is 6.03. The normalized spacial score (nSPS) is 10.5. The molecular weight excluding hydrogens is 300 g/mol. The standard InChI is InChI=1S/C16H20N2O3S/c1-10-5-6-15(20-4)14(7-10)17-16(19)9-22-8-13-11(2)18-21-12(13)3/h5-7H,8-9H2,1-4H3,(H,17,19). The van der Waals surface area contributed by atoms with Crippen LogP contribution in [0.4, 0.5) is 5.69 Å². The molecule has 0 unspecified atom stereocenters. The first-order valence-electron chi connectivity index (χ1n) is 6.95. The molecule has 22 heavy (non-hydrogen) atoms. The number of hydrogen-bond donors (Lipinski definition) is 1. The lowest BCUT2D eigenvalue weighted by atomic mass is 10.2. The first-order chi connectivity index (χ1) is 10.5. The van der Waals surface area contributed by atoms with Gasteiger partial charge in [-0.2, -0.15) is 0 Å². The number of nitrogens with zero attached hydrogens (tertiary/aromatic N) is 1. The zero-order valence-corrected chi connectivity index (χ0v) is 14.0. The molecule has 1 aromatic carbocycles. The van der Waals surface area contributed by atoms with Crippen LogP contribution in [-0.4, -0.2) is 23.9 Å². The smallest absolute Gasteiger partial charge is 0.234 e. The molecule has 1 amide bonds. The lowest BCUT2D eigenvalue weighted by Crippen LogP contribution is -2.15. The van der Waals surface area contributed by atoms with Crippen molar-refractivity contribution < 1.29 is 14.1 Å². The highest BCUT2D eigenvalue weighted by atomic mass is 32.2. The van der Waals surface area contributed by atoms with Crippen LogP contribution in [0.3, 0.4) is 0 Å². The van der Waals surface area contributed by atoms with Gasteiger partial charge in [0.25, 0.3) is 0 Å². The minimum absolute atomic E-state index is 0.0549. The fourth-order valence-electron chi connectivity index (χ4n) is 2.06. The van der Waals surface area contributed by atoms with Crippen LogP contribution in [-0.2, 0) is 10.5 Å². The zero-order chi connectivity index (χ0) is 16.1. The zero-order valence-electron chi connectivity index (χ0n) is 13.2. The summed E-state index contributed by atoms with van der Waals surface area (Å²) < 4.78 is 10.4. The van der Waals surface area contributed by atoms with E-state index in [9.17, 15) is 4.79 Å². The number of aromatic nitrogens is 1. The van der Waals surface area contributed by atoms with E-state index in [-0.39, 0.29) is 5.91 Å². The van der Waals surface area contributed by atoms with Crippen molar-refractivity contribution in [2.24, 2.45) is 0 Å². The van der Waals surface area contributed by atoms with Crippen LogP contribution in [0, 0.1) is 20.8 Å². The Balaban J connectivity index is 1.90. The summed E-state index contributed by atoms with van der Waals surface area (Å²) in [6.07, 6.45) is 0. The number of thioether (sulfide) groups is 1. The van der Waals surface area contributed by atoms with Gasteiger partial charge in [0, 0.05) is 11.3 Å². The average molecular weight is 320 g/mol. The third kappa shape index (κ3) is 4.04. The van der Waals surface area contributed by atoms with Crippen LogP contribution in [0.15, 0.2) is 22.7 Å². The third-order valence-corrected chi connectivity index (χ3v) is 4.25. The second-order valence-electron chi connectivity index (χ2n) is 5.05. The molecule has 1 N–H and O–H groups in total. The summed E-state index contributed by atoms with van der Waals surface area (Å²) in [6.45, 7) is 5.76. The molecule has 1 aromatic heterocycles. The van der Waals surface area contributed by atoms with E-state index in [1.807, 2.05) is 39.0 Å². The molecule has 0 bridgehead atoms. The van der Waals surface area contributed by atoms with Gasteiger partial charge in [-0.25, -0.2) is 0 Å². The number of nitrogens with one attached hydrogen (secondary N) is 1. The number of benzene rings is 1. The predicted molar refractivity (Wildman–Crippen MR) is 88.5 cm³/mol. The van der Waals surface area contributed by atoms with Crippen LogP contribution in [0.25, 0.3) is 0 Å². The molecule has 0 atom stereocenters. The van der Waals surface area contributed by atoms with Gasteiger partial charge >= 0.3 is 0 Å². The minimum atomic E-state index is -0.0549. The lowest BCUT2D eigenvalue weighted by molar-refractivity contribution is -0.113. The van der Waals surface area contributed by atoms with E-state index in [0.717, 1.165) is 22.6 Å². The van der Waals surface area contributed by atoms with Gasteiger partial charge < -0.3 is 14.6 Å². The Morgan fingerprint density at radius 2 is 2.14 bits per heavy atom. The molecule has 2 aromatic rings. The van der Waals surface area contributed by atoms with Gasteiger partial charge in [-0.1, -0.05) is 11.2 Å². The molecule has 5 nitrogen and oxygen atoms in total. The summed E-state index contributed by atoms with van der Waals surface area (Å²) in [7, 11) is 1.59. The van der Waals surface area contributed by atoms with Crippen molar-refractivity contribution in [3.05, 3.63) is 40.8 Å². The highest BCUT2D eigenvalue weighted by Gasteiger charge is 2.11. The van der Waals surface area contributed by atoms with E-state index in [2.05, 4.69) is 10.5 Å². The monoisotopic (exact) mass is 320 g/mol. The second kappa shape index (κ2) is 7.35. The Hall–Kier alpha value is -1.95. The maximum absolute atomic E-state index is 12.1. The van der Waals surface area contributed by atoms with E-state index in [1.165, 1.54) is 11.8 Å². The fourth-order valence-corrected chi connectivity index (χ4v) is 3.04. The van der Waals surface area contributed by atoms with Crippen LogP contribution >= 0.6 is 11.8 Å². The SMILES string of the molecule is COc1ccc(C)cc1NC(=O)CSCc1c(C)noc1C. The quantitative estimate of drug-likeness (QED) is 0.883. The summed E-state index contributed by atoms with van der Waals surface area (Å²) in [5.41, 5.74) is 3.71. The number of ether oxygens (including phenoxy) is 1. The third-order valence-electron chi connectivity index (χ3n) is 3.29. The Kier molecular flexibility index (Phi) is 5.49. The summed E-state index contributed by atoms with van der Waals surface area (Å²) in [4.78, 5) is 12.1. The van der Waals surface area contributed by atoms with Gasteiger partial charge in [0.15, 0.2) is 0 Å². The van der Waals surface area contributed by atoms with Gasteiger partial charge in [-0.05, 0) is 38.5 Å². The number of amides is 1. The molecule has 2 rings (SSSR count). The molecule has 0 aliphatic heterocycles. The van der Waals surface area contributed by atoms with Crippen molar-refractivity contribution in [2.45, 2.75) is 26.5 Å². The van der Waals surface area contributed by atoms with Crippen LogP contribution in [0.2, 0.25) is 0 Å². The first-order valence-corrected chi connectivity index (χ1v) is 8.10. The van der Waals surface area contributed by atoms with Crippen LogP contribution < -0.4 is 10.1 Å². The number of aryl methyl sites for hydroxylation is 3. The predicted octanol–water partition coefficient (Wildman–Crippen LogP) is 3.48. The molecule has 0 saturated carbocycles. The highest BCUT2D eigenvalue weighted by molar-refractivity contribution is 7.99. The van der Waals surface area contributed by atoms with Crippen molar-refractivity contribution in [3.8, 4) is 5.75 Å². The molecular formula is C16H20N2O3S. The van der Waals surface area contributed by atoms with Gasteiger partial charge in [0.2, 0.25) is 5.91 Å². The number of carbonyl (C=O) groups excluding carboxylic acids is 1. The van der Waals surface area contributed by atoms with Crippen molar-refractivity contribution in [1.82, 2.24) is 5.16 Å². The molecule has 1 heterocycles. The minimum Gasteiger partial charge on any atom is -0.495 e. The molecule has 0 aliphatic carbocycles. The molecule has 0 radical (unpaired) electrons. The van der Waals surface area contributed by atoms with Gasteiger partial charge in [0.1, 0.15) is 11.5 Å². The largest absolute Gasteiger partial charge is 0.495 e. The summed E-state index contributed by atoms with van der Waals surface area (Å²) in [5.74, 6) is 2.49. The number of methoxy groups -OCH3 is 1. The maximum atomic E-state index is 12.1. The highest BCUT2D eigenvalue weighted by Crippen LogP contribution is 2.26. The lowest BCUT2D eigenvalue weighted by Gasteiger charge is -2.10. The average Bonchev–Trinajstić information content (AvgIpc) is 2.79.